The lowest BCUT2D eigenvalue weighted by Crippen LogP contribution is -2.37. The second-order valence-corrected chi connectivity index (χ2v) is 5.81. The van der Waals surface area contributed by atoms with Crippen molar-refractivity contribution in [2.45, 2.75) is 6.42 Å². The molecule has 0 aliphatic carbocycles. The van der Waals surface area contributed by atoms with E-state index in [1.807, 2.05) is 0 Å². The predicted molar refractivity (Wildman–Crippen MR) is 95.0 cm³/mol. The lowest BCUT2D eigenvalue weighted by atomic mass is 10.1. The molecule has 0 unspecified atom stereocenters. The van der Waals surface area contributed by atoms with Crippen molar-refractivity contribution in [3.8, 4) is 17.0 Å². The molecule has 2 aromatic rings. The van der Waals surface area contributed by atoms with Gasteiger partial charge >= 0.3 is 0 Å². The molecule has 1 aliphatic rings. The second-order valence-electron chi connectivity index (χ2n) is 5.81. The predicted octanol–water partition coefficient (Wildman–Crippen LogP) is 0.975. The van der Waals surface area contributed by atoms with Crippen molar-refractivity contribution < 1.29 is 9.47 Å². The van der Waals surface area contributed by atoms with Gasteiger partial charge in [-0.2, -0.15) is 0 Å². The molecule has 0 saturated carbocycles. The molecule has 25 heavy (non-hydrogen) atoms. The number of aromatic nitrogens is 3. The molecular formula is C17H23N5O3. The van der Waals surface area contributed by atoms with Gasteiger partial charge in [-0.25, -0.2) is 0 Å². The van der Waals surface area contributed by atoms with Crippen molar-refractivity contribution >= 4 is 5.95 Å². The zero-order valence-electron chi connectivity index (χ0n) is 14.3. The zero-order valence-corrected chi connectivity index (χ0v) is 14.3. The summed E-state index contributed by atoms with van der Waals surface area (Å²) in [6.07, 6.45) is 0.962. The summed E-state index contributed by atoms with van der Waals surface area (Å²) in [7, 11) is 1.60. The molecular weight excluding hydrogens is 322 g/mol. The SMILES string of the molecule is COc1ccc(-c2nnc(NCCCN3CCOCC3)[nH]c2=O)cc1. The van der Waals surface area contributed by atoms with Gasteiger partial charge in [-0.3, -0.25) is 14.7 Å². The van der Waals surface area contributed by atoms with Gasteiger partial charge in [0.1, 0.15) is 5.75 Å². The Labute approximate surface area is 146 Å². The van der Waals surface area contributed by atoms with E-state index in [1.54, 1.807) is 31.4 Å². The van der Waals surface area contributed by atoms with Crippen LogP contribution in [0.15, 0.2) is 29.1 Å². The van der Waals surface area contributed by atoms with Crippen LogP contribution in [0.3, 0.4) is 0 Å². The van der Waals surface area contributed by atoms with Crippen LogP contribution in [0.5, 0.6) is 5.75 Å². The molecule has 1 aliphatic heterocycles. The molecule has 134 valence electrons. The number of hydrogen-bond acceptors (Lipinski definition) is 7. The molecule has 0 radical (unpaired) electrons. The third kappa shape index (κ3) is 4.77. The molecule has 2 N–H and O–H groups in total. The molecule has 0 spiro atoms. The number of nitrogens with zero attached hydrogens (tertiary/aromatic N) is 3. The topological polar surface area (TPSA) is 92.4 Å². The van der Waals surface area contributed by atoms with Crippen LogP contribution >= 0.6 is 0 Å². The highest BCUT2D eigenvalue weighted by Gasteiger charge is 2.10. The number of nitrogens with one attached hydrogen (secondary N) is 2. The first-order chi connectivity index (χ1) is 12.3. The summed E-state index contributed by atoms with van der Waals surface area (Å²) in [5.74, 6) is 1.12. The average molecular weight is 345 g/mol. The van der Waals surface area contributed by atoms with Crippen molar-refractivity contribution in [2.75, 3.05) is 51.8 Å². The monoisotopic (exact) mass is 345 g/mol. The molecule has 1 saturated heterocycles. The fourth-order valence-electron chi connectivity index (χ4n) is 2.69. The van der Waals surface area contributed by atoms with E-state index in [-0.39, 0.29) is 5.56 Å². The summed E-state index contributed by atoms with van der Waals surface area (Å²) in [4.78, 5) is 17.3. The number of anilines is 1. The Balaban J connectivity index is 1.53. The summed E-state index contributed by atoms with van der Waals surface area (Å²) in [6, 6.07) is 7.14. The van der Waals surface area contributed by atoms with Gasteiger partial charge in [0, 0.05) is 25.2 Å². The molecule has 2 heterocycles. The van der Waals surface area contributed by atoms with Crippen LogP contribution < -0.4 is 15.6 Å². The summed E-state index contributed by atoms with van der Waals surface area (Å²) in [5, 5.41) is 11.2. The minimum absolute atomic E-state index is 0.268. The smallest absolute Gasteiger partial charge is 0.279 e. The van der Waals surface area contributed by atoms with Crippen LogP contribution in [0, 0.1) is 0 Å². The second kappa shape index (κ2) is 8.59. The van der Waals surface area contributed by atoms with E-state index in [2.05, 4.69) is 25.4 Å². The van der Waals surface area contributed by atoms with E-state index in [1.165, 1.54) is 0 Å². The van der Waals surface area contributed by atoms with Gasteiger partial charge < -0.3 is 14.8 Å². The Morgan fingerprint density at radius 2 is 2.00 bits per heavy atom. The van der Waals surface area contributed by atoms with Crippen LogP contribution in [0.25, 0.3) is 11.3 Å². The molecule has 0 atom stereocenters. The number of morpholine rings is 1. The zero-order chi connectivity index (χ0) is 17.5. The van der Waals surface area contributed by atoms with Crippen LogP contribution in [-0.4, -0.2) is 66.6 Å². The molecule has 8 heteroatoms. The number of rotatable bonds is 7. The normalized spacial score (nSPS) is 15.1. The van der Waals surface area contributed by atoms with Crippen LogP contribution in [-0.2, 0) is 4.74 Å². The van der Waals surface area contributed by atoms with Crippen molar-refractivity contribution in [2.24, 2.45) is 0 Å². The van der Waals surface area contributed by atoms with Crippen LogP contribution in [0.2, 0.25) is 0 Å². The molecule has 1 fully saturated rings. The van der Waals surface area contributed by atoms with Gasteiger partial charge in [-0.15, -0.1) is 10.2 Å². The van der Waals surface area contributed by atoms with Gasteiger partial charge in [-0.1, -0.05) is 0 Å². The highest BCUT2D eigenvalue weighted by molar-refractivity contribution is 5.58. The lowest BCUT2D eigenvalue weighted by Gasteiger charge is -2.26. The van der Waals surface area contributed by atoms with Gasteiger partial charge in [-0.05, 0) is 37.2 Å². The van der Waals surface area contributed by atoms with E-state index < -0.39 is 0 Å². The molecule has 8 nitrogen and oxygen atoms in total. The largest absolute Gasteiger partial charge is 0.497 e. The maximum atomic E-state index is 12.2. The van der Waals surface area contributed by atoms with E-state index >= 15 is 0 Å². The number of benzene rings is 1. The summed E-state index contributed by atoms with van der Waals surface area (Å²) < 4.78 is 10.4. The molecule has 0 bridgehead atoms. The van der Waals surface area contributed by atoms with E-state index in [0.717, 1.165) is 51.6 Å². The maximum Gasteiger partial charge on any atom is 0.279 e. The average Bonchev–Trinajstić information content (AvgIpc) is 2.66. The van der Waals surface area contributed by atoms with Crippen molar-refractivity contribution in [3.63, 3.8) is 0 Å². The van der Waals surface area contributed by atoms with Crippen molar-refractivity contribution in [1.29, 1.82) is 0 Å². The van der Waals surface area contributed by atoms with Crippen molar-refractivity contribution in [3.05, 3.63) is 34.6 Å². The van der Waals surface area contributed by atoms with E-state index in [0.29, 0.717) is 17.2 Å². The molecule has 0 amide bonds. The molecule has 1 aromatic carbocycles. The van der Waals surface area contributed by atoms with Gasteiger partial charge in [0.2, 0.25) is 5.95 Å². The van der Waals surface area contributed by atoms with Gasteiger partial charge in [0.15, 0.2) is 5.69 Å². The van der Waals surface area contributed by atoms with Gasteiger partial charge in [0.05, 0.1) is 20.3 Å². The number of hydrogen-bond donors (Lipinski definition) is 2. The Hall–Kier alpha value is -2.45. The van der Waals surface area contributed by atoms with Crippen molar-refractivity contribution in [1.82, 2.24) is 20.1 Å². The quantitative estimate of drug-likeness (QED) is 0.723. The number of H-pyrrole nitrogens is 1. The summed E-state index contributed by atoms with van der Waals surface area (Å²) >= 11 is 0. The fraction of sp³-hybridized carbons (Fsp3) is 0.471. The first-order valence-electron chi connectivity index (χ1n) is 8.41. The highest BCUT2D eigenvalue weighted by Crippen LogP contribution is 2.17. The Bertz CT molecular complexity index is 726. The third-order valence-corrected chi connectivity index (χ3v) is 4.11. The molecule has 1 aromatic heterocycles. The minimum Gasteiger partial charge on any atom is -0.497 e. The first kappa shape index (κ1) is 17.4. The maximum absolute atomic E-state index is 12.2. The van der Waals surface area contributed by atoms with E-state index in [4.69, 9.17) is 9.47 Å². The Morgan fingerprint density at radius 1 is 1.24 bits per heavy atom. The standard InChI is InChI=1S/C17H23N5O3/c1-24-14-5-3-13(4-6-14)15-16(23)19-17(21-20-15)18-7-2-8-22-9-11-25-12-10-22/h3-6H,2,7-12H2,1H3,(H2,18,19,21,23). The number of aromatic amines is 1. The van der Waals surface area contributed by atoms with Crippen LogP contribution in [0.1, 0.15) is 6.42 Å². The summed E-state index contributed by atoms with van der Waals surface area (Å²) in [5.41, 5.74) is 0.728. The summed E-state index contributed by atoms with van der Waals surface area (Å²) in [6.45, 7) is 5.29. The number of ether oxygens (including phenoxy) is 2. The van der Waals surface area contributed by atoms with E-state index in [9.17, 15) is 4.79 Å². The Kier molecular flexibility index (Phi) is 5.97. The minimum atomic E-state index is -0.268. The highest BCUT2D eigenvalue weighted by atomic mass is 16.5. The van der Waals surface area contributed by atoms with Crippen LogP contribution in [0.4, 0.5) is 5.95 Å². The van der Waals surface area contributed by atoms with Gasteiger partial charge in [0.25, 0.3) is 5.56 Å². The molecule has 3 rings (SSSR count). The first-order valence-corrected chi connectivity index (χ1v) is 8.41. The lowest BCUT2D eigenvalue weighted by molar-refractivity contribution is 0.0378. The Morgan fingerprint density at radius 3 is 2.68 bits per heavy atom. The third-order valence-electron chi connectivity index (χ3n) is 4.11. The fourth-order valence-corrected chi connectivity index (χ4v) is 2.69. The number of methoxy groups -OCH3 is 1.